The summed E-state index contributed by atoms with van der Waals surface area (Å²) in [6.07, 6.45) is -0.328. The van der Waals surface area contributed by atoms with Crippen LogP contribution in [0.4, 0.5) is 4.39 Å². The van der Waals surface area contributed by atoms with Crippen molar-refractivity contribution in [3.8, 4) is 0 Å². The molecule has 2 rings (SSSR count). The van der Waals surface area contributed by atoms with Crippen LogP contribution in [0.15, 0.2) is 36.4 Å². The summed E-state index contributed by atoms with van der Waals surface area (Å²) in [6, 6.07) is 10.1. The molecule has 0 aliphatic carbocycles. The van der Waals surface area contributed by atoms with Gasteiger partial charge < -0.3 is 5.11 Å². The van der Waals surface area contributed by atoms with Gasteiger partial charge in [0.15, 0.2) is 0 Å². The second kappa shape index (κ2) is 5.27. The Morgan fingerprint density at radius 2 is 2.00 bits per heavy atom. The van der Waals surface area contributed by atoms with Crippen molar-refractivity contribution in [1.82, 2.24) is 4.98 Å². The lowest BCUT2D eigenvalue weighted by molar-refractivity contribution is 0.173. The van der Waals surface area contributed by atoms with Gasteiger partial charge in [0, 0.05) is 12.1 Å². The van der Waals surface area contributed by atoms with E-state index in [2.05, 4.69) is 4.98 Å². The zero-order chi connectivity index (χ0) is 13.1. The van der Waals surface area contributed by atoms with E-state index in [1.807, 2.05) is 26.0 Å². The van der Waals surface area contributed by atoms with Crippen molar-refractivity contribution in [2.45, 2.75) is 26.4 Å². The molecule has 0 spiro atoms. The number of aliphatic hydroxyl groups is 1. The number of hydrogen-bond donors (Lipinski definition) is 1. The van der Waals surface area contributed by atoms with Gasteiger partial charge in [0.1, 0.15) is 5.82 Å². The van der Waals surface area contributed by atoms with Crippen molar-refractivity contribution in [1.29, 1.82) is 0 Å². The van der Waals surface area contributed by atoms with Crippen LogP contribution in [0.25, 0.3) is 0 Å². The third-order valence-electron chi connectivity index (χ3n) is 2.98. The average molecular weight is 245 g/mol. The molecule has 1 aromatic heterocycles. The average Bonchev–Trinajstić information content (AvgIpc) is 2.34. The van der Waals surface area contributed by atoms with Crippen LogP contribution in [-0.2, 0) is 6.42 Å². The van der Waals surface area contributed by atoms with Gasteiger partial charge in [0.2, 0.25) is 0 Å². The number of rotatable bonds is 3. The first-order valence-corrected chi connectivity index (χ1v) is 5.93. The Morgan fingerprint density at radius 1 is 1.22 bits per heavy atom. The summed E-state index contributed by atoms with van der Waals surface area (Å²) in [5.41, 5.74) is 3.27. The van der Waals surface area contributed by atoms with Crippen LogP contribution < -0.4 is 0 Å². The molecule has 0 bridgehead atoms. The molecule has 3 heteroatoms. The minimum absolute atomic E-state index is 0.278. The lowest BCUT2D eigenvalue weighted by Gasteiger charge is -2.12. The highest BCUT2D eigenvalue weighted by atomic mass is 19.1. The minimum atomic E-state index is -0.703. The molecule has 0 radical (unpaired) electrons. The summed E-state index contributed by atoms with van der Waals surface area (Å²) in [5.74, 6) is -0.278. The summed E-state index contributed by atoms with van der Waals surface area (Å²) < 4.78 is 13.2. The molecular formula is C15H16FNO. The van der Waals surface area contributed by atoms with E-state index in [9.17, 15) is 9.50 Å². The Hall–Kier alpha value is -1.74. The smallest absolute Gasteiger partial charge is 0.123 e. The first-order chi connectivity index (χ1) is 8.56. The standard InChI is InChI=1S/C15H16FNO/c1-10-6-7-13(16)8-12(10)9-15(18)14-5-3-4-11(2)17-14/h3-8,15,18H,9H2,1-2H3. The molecule has 1 atom stereocenters. The van der Waals surface area contributed by atoms with Crippen molar-refractivity contribution >= 4 is 0 Å². The molecule has 0 fully saturated rings. The number of pyridine rings is 1. The highest BCUT2D eigenvalue weighted by Crippen LogP contribution is 2.20. The van der Waals surface area contributed by atoms with Crippen LogP contribution in [0.1, 0.15) is 28.6 Å². The highest BCUT2D eigenvalue weighted by molar-refractivity contribution is 5.28. The van der Waals surface area contributed by atoms with Crippen LogP contribution in [0.2, 0.25) is 0 Å². The Morgan fingerprint density at radius 3 is 2.72 bits per heavy atom. The van der Waals surface area contributed by atoms with Gasteiger partial charge in [0.25, 0.3) is 0 Å². The number of aromatic nitrogens is 1. The quantitative estimate of drug-likeness (QED) is 0.901. The first-order valence-electron chi connectivity index (χ1n) is 5.93. The molecule has 94 valence electrons. The van der Waals surface area contributed by atoms with Crippen LogP contribution in [0, 0.1) is 19.7 Å². The molecule has 2 nitrogen and oxygen atoms in total. The zero-order valence-corrected chi connectivity index (χ0v) is 10.5. The number of nitrogens with zero attached hydrogens (tertiary/aromatic N) is 1. The first kappa shape index (κ1) is 12.7. The Balaban J connectivity index is 2.21. The number of benzene rings is 1. The Labute approximate surface area is 106 Å². The van der Waals surface area contributed by atoms with Gasteiger partial charge in [-0.1, -0.05) is 12.1 Å². The summed E-state index contributed by atoms with van der Waals surface area (Å²) in [7, 11) is 0. The fourth-order valence-corrected chi connectivity index (χ4v) is 1.92. The molecule has 0 aliphatic rings. The maximum absolute atomic E-state index is 13.2. The van der Waals surface area contributed by atoms with E-state index in [1.54, 1.807) is 12.1 Å². The van der Waals surface area contributed by atoms with Gasteiger partial charge in [-0.3, -0.25) is 4.98 Å². The van der Waals surface area contributed by atoms with E-state index >= 15 is 0 Å². The molecule has 1 unspecified atom stereocenters. The zero-order valence-electron chi connectivity index (χ0n) is 10.5. The lowest BCUT2D eigenvalue weighted by atomic mass is 10.0. The van der Waals surface area contributed by atoms with Crippen LogP contribution in [0.3, 0.4) is 0 Å². The molecule has 0 amide bonds. The number of hydrogen-bond acceptors (Lipinski definition) is 2. The molecule has 1 N–H and O–H groups in total. The normalized spacial score (nSPS) is 12.4. The third-order valence-corrected chi connectivity index (χ3v) is 2.98. The van der Waals surface area contributed by atoms with Crippen LogP contribution in [0.5, 0.6) is 0 Å². The molecule has 2 aromatic rings. The van der Waals surface area contributed by atoms with Gasteiger partial charge in [-0.2, -0.15) is 0 Å². The van der Waals surface area contributed by atoms with Crippen LogP contribution >= 0.6 is 0 Å². The van der Waals surface area contributed by atoms with Crippen molar-refractivity contribution in [3.63, 3.8) is 0 Å². The van der Waals surface area contributed by atoms with Crippen LogP contribution in [-0.4, -0.2) is 10.1 Å². The topological polar surface area (TPSA) is 33.1 Å². The van der Waals surface area contributed by atoms with Gasteiger partial charge in [0.05, 0.1) is 11.8 Å². The molecule has 0 saturated carbocycles. The minimum Gasteiger partial charge on any atom is -0.386 e. The molecular weight excluding hydrogens is 229 g/mol. The largest absolute Gasteiger partial charge is 0.386 e. The van der Waals surface area contributed by atoms with E-state index in [1.165, 1.54) is 12.1 Å². The van der Waals surface area contributed by atoms with E-state index < -0.39 is 6.10 Å². The third kappa shape index (κ3) is 2.93. The lowest BCUT2D eigenvalue weighted by Crippen LogP contribution is -2.06. The second-order valence-electron chi connectivity index (χ2n) is 4.49. The van der Waals surface area contributed by atoms with E-state index in [0.717, 1.165) is 16.8 Å². The SMILES string of the molecule is Cc1cccc(C(O)Cc2cc(F)ccc2C)n1. The summed E-state index contributed by atoms with van der Waals surface area (Å²) >= 11 is 0. The van der Waals surface area contributed by atoms with E-state index in [4.69, 9.17) is 0 Å². The van der Waals surface area contributed by atoms with E-state index in [-0.39, 0.29) is 5.82 Å². The van der Waals surface area contributed by atoms with Gasteiger partial charge in [-0.15, -0.1) is 0 Å². The molecule has 1 aromatic carbocycles. The van der Waals surface area contributed by atoms with Crippen molar-refractivity contribution in [3.05, 3.63) is 64.7 Å². The second-order valence-corrected chi connectivity index (χ2v) is 4.49. The maximum Gasteiger partial charge on any atom is 0.123 e. The fourth-order valence-electron chi connectivity index (χ4n) is 1.92. The van der Waals surface area contributed by atoms with Crippen molar-refractivity contribution in [2.24, 2.45) is 0 Å². The number of aryl methyl sites for hydroxylation is 2. The van der Waals surface area contributed by atoms with Gasteiger partial charge >= 0.3 is 0 Å². The van der Waals surface area contributed by atoms with Gasteiger partial charge in [-0.25, -0.2) is 4.39 Å². The fraction of sp³-hybridized carbons (Fsp3) is 0.267. The Kier molecular flexibility index (Phi) is 3.72. The van der Waals surface area contributed by atoms with Crippen molar-refractivity contribution < 1.29 is 9.50 Å². The molecule has 0 saturated heterocycles. The highest BCUT2D eigenvalue weighted by Gasteiger charge is 2.12. The summed E-state index contributed by atoms with van der Waals surface area (Å²) in [4.78, 5) is 4.28. The molecule has 18 heavy (non-hydrogen) atoms. The summed E-state index contributed by atoms with van der Waals surface area (Å²) in [5, 5.41) is 10.1. The van der Waals surface area contributed by atoms with Crippen molar-refractivity contribution in [2.75, 3.05) is 0 Å². The predicted octanol–water partition coefficient (Wildman–Crippen LogP) is 3.11. The molecule has 1 heterocycles. The monoisotopic (exact) mass is 245 g/mol. The number of halogens is 1. The van der Waals surface area contributed by atoms with Gasteiger partial charge in [-0.05, 0) is 49.2 Å². The maximum atomic E-state index is 13.2. The number of aliphatic hydroxyl groups excluding tert-OH is 1. The summed E-state index contributed by atoms with van der Waals surface area (Å²) in [6.45, 7) is 3.79. The predicted molar refractivity (Wildman–Crippen MR) is 68.8 cm³/mol. The van der Waals surface area contributed by atoms with E-state index in [0.29, 0.717) is 12.1 Å². The Bertz CT molecular complexity index is 554. The molecule has 0 aliphatic heterocycles.